The van der Waals surface area contributed by atoms with E-state index in [0.717, 1.165) is 25.7 Å². The Morgan fingerprint density at radius 3 is 2.39 bits per heavy atom. The fourth-order valence-corrected chi connectivity index (χ4v) is 3.92. The van der Waals surface area contributed by atoms with E-state index >= 15 is 0 Å². The molecule has 18 heavy (non-hydrogen) atoms. The van der Waals surface area contributed by atoms with E-state index < -0.39 is 0 Å². The topological polar surface area (TPSA) is 30.5 Å². The van der Waals surface area contributed by atoms with Gasteiger partial charge >= 0.3 is 0 Å². The highest BCUT2D eigenvalue weighted by Gasteiger charge is 2.08. The molecular formula is C12H16Br3NO2. The maximum atomic E-state index is 5.73. The molecule has 0 aliphatic carbocycles. The van der Waals surface area contributed by atoms with Gasteiger partial charge in [-0.15, -0.1) is 0 Å². The Bertz CT molecular complexity index is 365. The van der Waals surface area contributed by atoms with Crippen LogP contribution in [0, 0.1) is 0 Å². The maximum Gasteiger partial charge on any atom is 0.147 e. The normalized spacial score (nSPS) is 12.5. The van der Waals surface area contributed by atoms with Crippen molar-refractivity contribution in [2.45, 2.75) is 13.0 Å². The molecule has 0 radical (unpaired) electrons. The number of benzene rings is 1. The minimum absolute atomic E-state index is 0.329. The average molecular weight is 446 g/mol. The van der Waals surface area contributed by atoms with Crippen LogP contribution < -0.4 is 10.1 Å². The van der Waals surface area contributed by atoms with E-state index in [-0.39, 0.29) is 0 Å². The average Bonchev–Trinajstić information content (AvgIpc) is 2.27. The molecule has 0 aliphatic heterocycles. The lowest BCUT2D eigenvalue weighted by atomic mass is 10.3. The molecule has 0 heterocycles. The first kappa shape index (κ1) is 16.4. The zero-order valence-electron chi connectivity index (χ0n) is 10.3. The predicted octanol–water partition coefficient (Wildman–Crippen LogP) is 3.98. The Labute approximate surface area is 133 Å². The standard InChI is InChI=1S/C12H16Br3NO2/c1-8(7-17-2)16-3-4-18-12-10(14)5-9(13)6-11(12)15/h5-6,8,16H,3-4,7H2,1-2H3. The first-order chi connectivity index (χ1) is 8.54. The van der Waals surface area contributed by atoms with Crippen molar-refractivity contribution >= 4 is 47.8 Å². The summed E-state index contributed by atoms with van der Waals surface area (Å²) in [4.78, 5) is 0. The number of hydrogen-bond acceptors (Lipinski definition) is 3. The summed E-state index contributed by atoms with van der Waals surface area (Å²) in [6.07, 6.45) is 0. The molecule has 0 saturated carbocycles. The fourth-order valence-electron chi connectivity index (χ4n) is 1.43. The summed E-state index contributed by atoms with van der Waals surface area (Å²) >= 11 is 10.4. The number of nitrogens with one attached hydrogen (secondary N) is 1. The van der Waals surface area contributed by atoms with Crippen molar-refractivity contribution in [1.29, 1.82) is 0 Å². The summed E-state index contributed by atoms with van der Waals surface area (Å²) in [6.45, 7) is 4.16. The third-order valence-corrected chi connectivity index (χ3v) is 3.86. The van der Waals surface area contributed by atoms with Gasteiger partial charge < -0.3 is 14.8 Å². The van der Waals surface area contributed by atoms with Crippen LogP contribution in [0.25, 0.3) is 0 Å². The minimum atomic E-state index is 0.329. The number of halogens is 3. The molecule has 0 aromatic heterocycles. The van der Waals surface area contributed by atoms with Gasteiger partial charge in [-0.2, -0.15) is 0 Å². The van der Waals surface area contributed by atoms with Crippen LogP contribution in [-0.4, -0.2) is 32.9 Å². The van der Waals surface area contributed by atoms with E-state index in [9.17, 15) is 0 Å². The molecule has 0 spiro atoms. The summed E-state index contributed by atoms with van der Waals surface area (Å²) in [6, 6.07) is 4.25. The molecule has 0 aliphatic rings. The first-order valence-corrected chi connectivity index (χ1v) is 7.92. The molecule has 1 aromatic carbocycles. The van der Waals surface area contributed by atoms with Crippen molar-refractivity contribution in [3.63, 3.8) is 0 Å². The zero-order chi connectivity index (χ0) is 13.5. The van der Waals surface area contributed by atoms with E-state index in [2.05, 4.69) is 60.0 Å². The second-order valence-corrected chi connectivity index (χ2v) is 6.48. The van der Waals surface area contributed by atoms with Crippen molar-refractivity contribution < 1.29 is 9.47 Å². The van der Waals surface area contributed by atoms with Crippen LogP contribution in [0.15, 0.2) is 25.6 Å². The van der Waals surface area contributed by atoms with Gasteiger partial charge in [-0.05, 0) is 50.9 Å². The largest absolute Gasteiger partial charge is 0.490 e. The molecule has 0 fully saturated rings. The van der Waals surface area contributed by atoms with Gasteiger partial charge in [-0.3, -0.25) is 0 Å². The Hall–Kier alpha value is 0.380. The van der Waals surface area contributed by atoms with Crippen LogP contribution in [0.2, 0.25) is 0 Å². The maximum absolute atomic E-state index is 5.73. The molecule has 3 nitrogen and oxygen atoms in total. The van der Waals surface area contributed by atoms with E-state index in [4.69, 9.17) is 9.47 Å². The third kappa shape index (κ3) is 5.57. The number of rotatable bonds is 7. The van der Waals surface area contributed by atoms with E-state index in [0.29, 0.717) is 19.3 Å². The van der Waals surface area contributed by atoms with Crippen LogP contribution in [0.1, 0.15) is 6.92 Å². The minimum Gasteiger partial charge on any atom is -0.490 e. The quantitative estimate of drug-likeness (QED) is 0.644. The smallest absolute Gasteiger partial charge is 0.147 e. The number of methoxy groups -OCH3 is 1. The Morgan fingerprint density at radius 1 is 1.22 bits per heavy atom. The van der Waals surface area contributed by atoms with Crippen LogP contribution in [0.3, 0.4) is 0 Å². The van der Waals surface area contributed by atoms with Gasteiger partial charge in [0.1, 0.15) is 12.4 Å². The van der Waals surface area contributed by atoms with Gasteiger partial charge in [0.25, 0.3) is 0 Å². The highest BCUT2D eigenvalue weighted by molar-refractivity contribution is 9.11. The van der Waals surface area contributed by atoms with Gasteiger partial charge in [0, 0.05) is 24.2 Å². The highest BCUT2D eigenvalue weighted by atomic mass is 79.9. The van der Waals surface area contributed by atoms with Crippen LogP contribution in [0.4, 0.5) is 0 Å². The van der Waals surface area contributed by atoms with E-state index in [1.807, 2.05) is 12.1 Å². The summed E-state index contributed by atoms with van der Waals surface area (Å²) in [5.41, 5.74) is 0. The molecular weight excluding hydrogens is 430 g/mol. The van der Waals surface area contributed by atoms with Crippen molar-refractivity contribution in [2.24, 2.45) is 0 Å². The molecule has 102 valence electrons. The van der Waals surface area contributed by atoms with E-state index in [1.54, 1.807) is 7.11 Å². The Balaban J connectivity index is 2.40. The third-order valence-electron chi connectivity index (χ3n) is 2.22. The van der Waals surface area contributed by atoms with Crippen molar-refractivity contribution in [1.82, 2.24) is 5.32 Å². The van der Waals surface area contributed by atoms with Gasteiger partial charge in [0.2, 0.25) is 0 Å². The Morgan fingerprint density at radius 2 is 1.83 bits per heavy atom. The number of hydrogen-bond donors (Lipinski definition) is 1. The number of ether oxygens (including phenoxy) is 2. The summed E-state index contributed by atoms with van der Waals surface area (Å²) < 4.78 is 13.6. The lowest BCUT2D eigenvalue weighted by molar-refractivity contribution is 0.169. The second-order valence-electron chi connectivity index (χ2n) is 3.86. The molecule has 1 N–H and O–H groups in total. The van der Waals surface area contributed by atoms with Crippen molar-refractivity contribution in [2.75, 3.05) is 26.9 Å². The highest BCUT2D eigenvalue weighted by Crippen LogP contribution is 2.36. The van der Waals surface area contributed by atoms with Crippen LogP contribution >= 0.6 is 47.8 Å². The lowest BCUT2D eigenvalue weighted by Crippen LogP contribution is -2.33. The summed E-state index contributed by atoms with van der Waals surface area (Å²) in [5, 5.41) is 3.31. The fraction of sp³-hybridized carbons (Fsp3) is 0.500. The van der Waals surface area contributed by atoms with Crippen molar-refractivity contribution in [3.8, 4) is 5.75 Å². The predicted molar refractivity (Wildman–Crippen MR) is 84.4 cm³/mol. The second kappa shape index (κ2) is 8.53. The first-order valence-electron chi connectivity index (χ1n) is 5.54. The molecule has 0 bridgehead atoms. The summed E-state index contributed by atoms with van der Waals surface area (Å²) in [7, 11) is 1.70. The molecule has 1 unspecified atom stereocenters. The molecule has 1 aromatic rings. The molecule has 1 rings (SSSR count). The molecule has 0 saturated heterocycles. The van der Waals surface area contributed by atoms with Gasteiger partial charge in [-0.1, -0.05) is 15.9 Å². The van der Waals surface area contributed by atoms with E-state index in [1.165, 1.54) is 0 Å². The van der Waals surface area contributed by atoms with Gasteiger partial charge in [-0.25, -0.2) is 0 Å². The summed E-state index contributed by atoms with van der Waals surface area (Å²) in [5.74, 6) is 0.819. The molecule has 1 atom stereocenters. The Kier molecular flexibility index (Phi) is 7.79. The monoisotopic (exact) mass is 443 g/mol. The van der Waals surface area contributed by atoms with Crippen LogP contribution in [-0.2, 0) is 4.74 Å². The van der Waals surface area contributed by atoms with Crippen LogP contribution in [0.5, 0.6) is 5.75 Å². The lowest BCUT2D eigenvalue weighted by Gasteiger charge is -2.14. The molecule has 6 heteroatoms. The van der Waals surface area contributed by atoms with Gasteiger partial charge in [0.15, 0.2) is 0 Å². The van der Waals surface area contributed by atoms with Crippen molar-refractivity contribution in [3.05, 3.63) is 25.6 Å². The van der Waals surface area contributed by atoms with Gasteiger partial charge in [0.05, 0.1) is 15.6 Å². The molecule has 0 amide bonds. The SMILES string of the molecule is COCC(C)NCCOc1c(Br)cc(Br)cc1Br. The zero-order valence-corrected chi connectivity index (χ0v) is 15.1.